The molecular weight excluding hydrogens is 650 g/mol. The smallest absolute Gasteiger partial charge is 0.251 e. The van der Waals surface area contributed by atoms with Crippen molar-refractivity contribution in [3.05, 3.63) is 106 Å². The van der Waals surface area contributed by atoms with E-state index < -0.39 is 14.4 Å². The van der Waals surface area contributed by atoms with Gasteiger partial charge in [0, 0.05) is 34.4 Å². The van der Waals surface area contributed by atoms with Crippen LogP contribution < -0.4 is 20.7 Å². The van der Waals surface area contributed by atoms with Crippen LogP contribution >= 0.6 is 11.6 Å². The largest absolute Gasteiger partial charge is 0.497 e. The van der Waals surface area contributed by atoms with Crippen LogP contribution in [0.2, 0.25) is 18.1 Å². The minimum absolute atomic E-state index is 0.0639. The number of nitrogens with one attached hydrogen (secondary N) is 3. The predicted molar refractivity (Wildman–Crippen MR) is 185 cm³/mol. The summed E-state index contributed by atoms with van der Waals surface area (Å²) in [6.45, 7) is 5.50. The van der Waals surface area contributed by atoms with Gasteiger partial charge in [-0.25, -0.2) is 0 Å². The number of methoxy groups -OCH3 is 1. The summed E-state index contributed by atoms with van der Waals surface area (Å²) < 4.78 is 7.41. The maximum Gasteiger partial charge on any atom is 0.251 e. The molecule has 12 nitrogen and oxygen atoms in total. The summed E-state index contributed by atoms with van der Waals surface area (Å²) in [5.74, 6) is 0.847. The third kappa shape index (κ3) is 8.54. The van der Waals surface area contributed by atoms with Crippen molar-refractivity contribution in [2.75, 3.05) is 26.4 Å². The fraction of sp³-hybridized carbons (Fsp3) is 0.294. The second-order valence-electron chi connectivity index (χ2n) is 12.1. The summed E-state index contributed by atoms with van der Waals surface area (Å²) in [5, 5.41) is 17.5. The van der Waals surface area contributed by atoms with Crippen LogP contribution in [0.15, 0.2) is 71.7 Å². The zero-order chi connectivity index (χ0) is 34.4. The number of aryl methyl sites for hydroxylation is 1. The highest BCUT2D eigenvalue weighted by Gasteiger charge is 2.30. The van der Waals surface area contributed by atoms with Crippen molar-refractivity contribution in [1.29, 1.82) is 0 Å². The Balaban J connectivity index is 1.21. The van der Waals surface area contributed by atoms with Crippen LogP contribution in [0.1, 0.15) is 51.2 Å². The average molecular weight is 688 g/mol. The number of aliphatic imine (C=N–C) groups is 1. The SMILES string of the molecule is COc1ccc2c(c1)C(c1ccc(Cl)cc1)=NC(CC(=O)NCC(=O)NCCc1ccc(C(=O)NC[Si](C)(C)O)cc1)c1nnc(C)n1-2. The molecule has 0 radical (unpaired) electrons. The maximum absolute atomic E-state index is 13.2. The number of halogens is 1. The van der Waals surface area contributed by atoms with Gasteiger partial charge < -0.3 is 25.5 Å². The van der Waals surface area contributed by atoms with E-state index in [0.29, 0.717) is 46.7 Å². The number of hydrogen-bond acceptors (Lipinski definition) is 8. The fourth-order valence-corrected chi connectivity index (χ4v) is 5.95. The van der Waals surface area contributed by atoms with E-state index in [1.54, 1.807) is 44.5 Å². The molecule has 14 heteroatoms. The first kappa shape index (κ1) is 34.5. The lowest BCUT2D eigenvalue weighted by Crippen LogP contribution is -2.42. The molecule has 3 aromatic carbocycles. The lowest BCUT2D eigenvalue weighted by atomic mass is 10.00. The highest BCUT2D eigenvalue weighted by Crippen LogP contribution is 2.34. The van der Waals surface area contributed by atoms with Crippen LogP contribution in [0.5, 0.6) is 5.75 Å². The summed E-state index contributed by atoms with van der Waals surface area (Å²) in [4.78, 5) is 53.0. The summed E-state index contributed by atoms with van der Waals surface area (Å²) in [6.07, 6.45) is 0.758. The highest BCUT2D eigenvalue weighted by molar-refractivity contribution is 6.70. The van der Waals surface area contributed by atoms with Crippen LogP contribution in [-0.2, 0) is 16.0 Å². The third-order valence-corrected chi connectivity index (χ3v) is 9.00. The number of fused-ring (bicyclic) bond motifs is 3. The Morgan fingerprint density at radius 3 is 2.38 bits per heavy atom. The number of ether oxygens (including phenoxy) is 1. The first-order valence-corrected chi connectivity index (χ1v) is 19.0. The van der Waals surface area contributed by atoms with Crippen LogP contribution in [0.3, 0.4) is 0 Å². The van der Waals surface area contributed by atoms with E-state index in [-0.39, 0.29) is 36.9 Å². The van der Waals surface area contributed by atoms with E-state index >= 15 is 0 Å². The molecule has 4 N–H and O–H groups in total. The van der Waals surface area contributed by atoms with Gasteiger partial charge in [0.05, 0.1) is 31.5 Å². The summed E-state index contributed by atoms with van der Waals surface area (Å²) in [7, 11) is -0.787. The van der Waals surface area contributed by atoms with E-state index in [2.05, 4.69) is 26.1 Å². The van der Waals surface area contributed by atoms with Crippen molar-refractivity contribution in [1.82, 2.24) is 30.7 Å². The van der Waals surface area contributed by atoms with Gasteiger partial charge in [0.2, 0.25) is 20.1 Å². The van der Waals surface area contributed by atoms with Gasteiger partial charge >= 0.3 is 0 Å². The molecule has 0 spiro atoms. The molecule has 1 aliphatic rings. The number of aromatic nitrogens is 3. The van der Waals surface area contributed by atoms with Gasteiger partial charge in [-0.3, -0.25) is 23.9 Å². The maximum atomic E-state index is 13.2. The number of benzene rings is 3. The third-order valence-electron chi connectivity index (χ3n) is 7.71. The zero-order valence-corrected chi connectivity index (χ0v) is 29.0. The summed E-state index contributed by atoms with van der Waals surface area (Å²) in [5.41, 5.74) is 4.47. The fourth-order valence-electron chi connectivity index (χ4n) is 5.23. The Hall–Kier alpha value is -4.85. The normalized spacial score (nSPS) is 13.8. The molecule has 4 aromatic rings. The van der Waals surface area contributed by atoms with E-state index in [1.807, 2.05) is 54.0 Å². The van der Waals surface area contributed by atoms with Crippen LogP contribution in [0, 0.1) is 6.92 Å². The van der Waals surface area contributed by atoms with Crippen molar-refractivity contribution >= 4 is 43.4 Å². The van der Waals surface area contributed by atoms with E-state index in [0.717, 1.165) is 22.4 Å². The topological polar surface area (TPSA) is 160 Å². The number of carbonyl (C=O) groups excluding carboxylic acids is 3. The van der Waals surface area contributed by atoms with Gasteiger partial charge in [-0.15, -0.1) is 10.2 Å². The molecule has 250 valence electrons. The molecule has 2 heterocycles. The highest BCUT2D eigenvalue weighted by atomic mass is 35.5. The molecule has 0 fully saturated rings. The molecule has 1 atom stereocenters. The molecule has 0 aliphatic carbocycles. The number of amides is 3. The number of rotatable bonds is 12. The Morgan fingerprint density at radius 1 is 0.958 bits per heavy atom. The van der Waals surface area contributed by atoms with E-state index in [4.69, 9.17) is 21.3 Å². The second kappa shape index (κ2) is 14.9. The average Bonchev–Trinajstić information content (AvgIpc) is 3.39. The minimum atomic E-state index is -2.38. The molecule has 1 unspecified atom stereocenters. The molecule has 0 saturated heterocycles. The number of hydrogen-bond donors (Lipinski definition) is 4. The van der Waals surface area contributed by atoms with Gasteiger partial charge in [-0.1, -0.05) is 35.9 Å². The molecule has 5 rings (SSSR count). The van der Waals surface area contributed by atoms with Gasteiger partial charge in [-0.2, -0.15) is 0 Å². The molecule has 0 saturated carbocycles. The lowest BCUT2D eigenvalue weighted by Gasteiger charge is -2.14. The number of carbonyl (C=O) groups is 3. The Labute approximate surface area is 284 Å². The lowest BCUT2D eigenvalue weighted by molar-refractivity contribution is -0.126. The van der Waals surface area contributed by atoms with E-state index in [9.17, 15) is 19.2 Å². The van der Waals surface area contributed by atoms with Crippen LogP contribution in [0.4, 0.5) is 0 Å². The quantitative estimate of drug-likeness (QED) is 0.166. The van der Waals surface area contributed by atoms with Crippen molar-refractivity contribution in [2.24, 2.45) is 4.99 Å². The van der Waals surface area contributed by atoms with Crippen molar-refractivity contribution in [3.8, 4) is 11.4 Å². The molecule has 48 heavy (non-hydrogen) atoms. The predicted octanol–water partition coefficient (Wildman–Crippen LogP) is 3.46. The van der Waals surface area contributed by atoms with Gasteiger partial charge in [0.15, 0.2) is 5.82 Å². The van der Waals surface area contributed by atoms with Crippen molar-refractivity contribution < 1.29 is 23.9 Å². The van der Waals surface area contributed by atoms with E-state index in [1.165, 1.54) is 0 Å². The molecule has 1 aromatic heterocycles. The first-order valence-electron chi connectivity index (χ1n) is 15.5. The van der Waals surface area contributed by atoms with Crippen LogP contribution in [-0.4, -0.2) is 77.7 Å². The van der Waals surface area contributed by atoms with Crippen molar-refractivity contribution in [3.63, 3.8) is 0 Å². The second-order valence-corrected chi connectivity index (χ2v) is 16.5. The van der Waals surface area contributed by atoms with Gasteiger partial charge in [0.1, 0.15) is 17.6 Å². The van der Waals surface area contributed by atoms with Gasteiger partial charge in [-0.05, 0) is 74.5 Å². The number of nitrogens with zero attached hydrogens (tertiary/aromatic N) is 4. The molecule has 0 bridgehead atoms. The Morgan fingerprint density at radius 2 is 1.69 bits per heavy atom. The molecule has 1 aliphatic heterocycles. The minimum Gasteiger partial charge on any atom is -0.497 e. The van der Waals surface area contributed by atoms with Crippen LogP contribution in [0.25, 0.3) is 5.69 Å². The molecular formula is C34H38ClN7O5Si. The Bertz CT molecular complexity index is 1840. The standard InChI is InChI=1S/C34H38ClN7O5Si/c1-21-40-41-33-28(39-32(23-9-11-25(35)12-10-23)27-17-26(47-2)13-14-29(27)42(21)33)18-30(43)37-19-31(44)36-16-15-22-5-7-24(8-6-22)34(45)38-20-48(3,4)46/h5-14,17,28,46H,15-16,18-20H2,1-4H3,(H,36,44)(H,37,43)(H,38,45). The Kier molecular flexibility index (Phi) is 10.7. The first-order chi connectivity index (χ1) is 22.9. The van der Waals surface area contributed by atoms with Gasteiger partial charge in [0.25, 0.3) is 5.91 Å². The summed E-state index contributed by atoms with van der Waals surface area (Å²) in [6, 6.07) is 19.4. The van der Waals surface area contributed by atoms with Crippen molar-refractivity contribution in [2.45, 2.75) is 38.9 Å². The molecule has 3 amide bonds. The monoisotopic (exact) mass is 687 g/mol. The zero-order valence-electron chi connectivity index (χ0n) is 27.2. The summed E-state index contributed by atoms with van der Waals surface area (Å²) >= 11 is 6.18.